The maximum absolute atomic E-state index is 10.8. The van der Waals surface area contributed by atoms with Crippen LogP contribution in [0.4, 0.5) is 0 Å². The Bertz CT molecular complexity index is 445. The molecule has 0 aliphatic heterocycles. The number of aliphatic carboxylic acids is 1. The molecule has 106 valence electrons. The Labute approximate surface area is 118 Å². The first-order chi connectivity index (χ1) is 8.99. The van der Waals surface area contributed by atoms with Gasteiger partial charge >= 0.3 is 5.97 Å². The van der Waals surface area contributed by atoms with E-state index in [4.69, 9.17) is 26.2 Å². The summed E-state index contributed by atoms with van der Waals surface area (Å²) in [4.78, 5) is 10.8. The van der Waals surface area contributed by atoms with Crippen LogP contribution in [0.25, 0.3) is 0 Å². The van der Waals surface area contributed by atoms with Crippen LogP contribution in [-0.2, 0) is 4.79 Å². The van der Waals surface area contributed by atoms with Crippen molar-refractivity contribution in [2.75, 3.05) is 13.2 Å². The summed E-state index contributed by atoms with van der Waals surface area (Å²) >= 11 is 6.13. The molecule has 0 spiro atoms. The number of rotatable bonds is 7. The molecule has 1 unspecified atom stereocenters. The normalized spacial score (nSPS) is 12.0. The molecule has 0 aromatic heterocycles. The molecule has 5 heteroatoms. The van der Waals surface area contributed by atoms with Gasteiger partial charge in [-0.2, -0.15) is 0 Å². The molecule has 0 heterocycles. The molecule has 4 nitrogen and oxygen atoms in total. The minimum atomic E-state index is -0.847. The van der Waals surface area contributed by atoms with Crippen LogP contribution >= 0.6 is 11.6 Å². The van der Waals surface area contributed by atoms with E-state index < -0.39 is 5.97 Å². The largest absolute Gasteiger partial charge is 0.493 e. The second-order valence-corrected chi connectivity index (χ2v) is 4.59. The fraction of sp³-hybridized carbons (Fsp3) is 0.500. The Morgan fingerprint density at radius 3 is 2.37 bits per heavy atom. The fourth-order valence-corrected chi connectivity index (χ4v) is 2.08. The van der Waals surface area contributed by atoms with Gasteiger partial charge in [0.05, 0.1) is 24.7 Å². The van der Waals surface area contributed by atoms with Crippen LogP contribution in [0, 0.1) is 0 Å². The van der Waals surface area contributed by atoms with E-state index in [0.29, 0.717) is 29.7 Å². The third-order valence-electron chi connectivity index (χ3n) is 2.68. The number of hydrogen-bond acceptors (Lipinski definition) is 3. The van der Waals surface area contributed by atoms with Gasteiger partial charge in [-0.15, -0.1) is 0 Å². The van der Waals surface area contributed by atoms with E-state index in [1.165, 1.54) is 0 Å². The molecule has 19 heavy (non-hydrogen) atoms. The molecule has 0 saturated carbocycles. The number of carboxylic acids is 1. The lowest BCUT2D eigenvalue weighted by Crippen LogP contribution is -2.06. The highest BCUT2D eigenvalue weighted by Crippen LogP contribution is 2.37. The zero-order valence-electron chi connectivity index (χ0n) is 11.4. The zero-order chi connectivity index (χ0) is 14.4. The van der Waals surface area contributed by atoms with Crippen molar-refractivity contribution in [2.45, 2.75) is 33.1 Å². The molecule has 0 aliphatic carbocycles. The highest BCUT2D eigenvalue weighted by atomic mass is 35.5. The molecule has 0 fully saturated rings. The molecule has 0 bridgehead atoms. The van der Waals surface area contributed by atoms with Crippen LogP contribution in [0.15, 0.2) is 12.1 Å². The number of ether oxygens (including phenoxy) is 2. The van der Waals surface area contributed by atoms with E-state index in [1.807, 2.05) is 20.8 Å². The van der Waals surface area contributed by atoms with E-state index in [9.17, 15) is 4.79 Å². The molecular formula is C14H19ClO4. The Kier molecular flexibility index (Phi) is 5.96. The SMILES string of the molecule is CCOc1cc(OCC)c(C(C)CC(=O)O)cc1Cl. The smallest absolute Gasteiger partial charge is 0.303 e. The van der Waals surface area contributed by atoms with Crippen LogP contribution in [0.3, 0.4) is 0 Å². The number of carboxylic acid groups (broad SMARTS) is 1. The molecule has 0 aliphatic rings. The first-order valence-electron chi connectivity index (χ1n) is 6.30. The van der Waals surface area contributed by atoms with Gasteiger partial charge in [0, 0.05) is 6.07 Å². The van der Waals surface area contributed by atoms with Crippen molar-refractivity contribution in [3.8, 4) is 11.5 Å². The van der Waals surface area contributed by atoms with Gasteiger partial charge in [0.2, 0.25) is 0 Å². The molecule has 1 aromatic carbocycles. The lowest BCUT2D eigenvalue weighted by atomic mass is 9.96. The van der Waals surface area contributed by atoms with Crippen LogP contribution < -0.4 is 9.47 Å². The van der Waals surface area contributed by atoms with Crippen LogP contribution in [0.5, 0.6) is 11.5 Å². The summed E-state index contributed by atoms with van der Waals surface area (Å²) in [7, 11) is 0. The predicted octanol–water partition coefficient (Wildman–Crippen LogP) is 3.72. The molecule has 1 N–H and O–H groups in total. The highest BCUT2D eigenvalue weighted by molar-refractivity contribution is 6.32. The first-order valence-corrected chi connectivity index (χ1v) is 6.68. The van der Waals surface area contributed by atoms with E-state index in [0.717, 1.165) is 5.56 Å². The van der Waals surface area contributed by atoms with Gasteiger partial charge in [-0.05, 0) is 31.4 Å². The molecule has 1 atom stereocenters. The number of halogens is 1. The summed E-state index contributed by atoms with van der Waals surface area (Å²) in [6, 6.07) is 3.45. The summed E-state index contributed by atoms with van der Waals surface area (Å²) in [5.74, 6) is 0.162. The lowest BCUT2D eigenvalue weighted by Gasteiger charge is -2.17. The molecule has 0 amide bonds. The summed E-state index contributed by atoms with van der Waals surface area (Å²) < 4.78 is 11.0. The molecular weight excluding hydrogens is 268 g/mol. The lowest BCUT2D eigenvalue weighted by molar-refractivity contribution is -0.137. The highest BCUT2D eigenvalue weighted by Gasteiger charge is 2.18. The average molecular weight is 287 g/mol. The van der Waals surface area contributed by atoms with Crippen molar-refractivity contribution in [3.05, 3.63) is 22.7 Å². The summed E-state index contributed by atoms with van der Waals surface area (Å²) in [6.07, 6.45) is 0.0321. The molecule has 0 saturated heterocycles. The average Bonchev–Trinajstić information content (AvgIpc) is 2.32. The fourth-order valence-electron chi connectivity index (χ4n) is 1.85. The third kappa shape index (κ3) is 4.31. The van der Waals surface area contributed by atoms with Crippen molar-refractivity contribution in [2.24, 2.45) is 0 Å². The molecule has 0 radical (unpaired) electrons. The Morgan fingerprint density at radius 2 is 1.84 bits per heavy atom. The van der Waals surface area contributed by atoms with Gasteiger partial charge in [-0.25, -0.2) is 0 Å². The summed E-state index contributed by atoms with van der Waals surface area (Å²) in [5, 5.41) is 9.35. The Hall–Kier alpha value is -1.42. The van der Waals surface area contributed by atoms with Crippen molar-refractivity contribution < 1.29 is 19.4 Å². The first kappa shape index (κ1) is 15.6. The van der Waals surface area contributed by atoms with Gasteiger partial charge < -0.3 is 14.6 Å². The van der Waals surface area contributed by atoms with Crippen molar-refractivity contribution >= 4 is 17.6 Å². The van der Waals surface area contributed by atoms with Gasteiger partial charge in [-0.1, -0.05) is 18.5 Å². The van der Waals surface area contributed by atoms with E-state index >= 15 is 0 Å². The van der Waals surface area contributed by atoms with Gasteiger partial charge in [0.25, 0.3) is 0 Å². The zero-order valence-corrected chi connectivity index (χ0v) is 12.2. The summed E-state index contributed by atoms with van der Waals surface area (Å²) in [6.45, 7) is 6.59. The van der Waals surface area contributed by atoms with Gasteiger partial charge in [0.1, 0.15) is 11.5 Å². The van der Waals surface area contributed by atoms with Crippen molar-refractivity contribution in [1.29, 1.82) is 0 Å². The standard InChI is InChI=1S/C14H19ClO4/c1-4-18-12-8-13(19-5-2)11(15)7-10(12)9(3)6-14(16)17/h7-9H,4-6H2,1-3H3,(H,16,17). The molecule has 1 rings (SSSR count). The topological polar surface area (TPSA) is 55.8 Å². The Balaban J connectivity index is 3.13. The molecule has 1 aromatic rings. The second kappa shape index (κ2) is 7.24. The van der Waals surface area contributed by atoms with Crippen LogP contribution in [0.1, 0.15) is 38.7 Å². The predicted molar refractivity (Wildman–Crippen MR) is 74.5 cm³/mol. The van der Waals surface area contributed by atoms with Gasteiger partial charge in [-0.3, -0.25) is 4.79 Å². The van der Waals surface area contributed by atoms with Crippen molar-refractivity contribution in [1.82, 2.24) is 0 Å². The monoisotopic (exact) mass is 286 g/mol. The van der Waals surface area contributed by atoms with Crippen LogP contribution in [-0.4, -0.2) is 24.3 Å². The van der Waals surface area contributed by atoms with E-state index in [-0.39, 0.29) is 12.3 Å². The van der Waals surface area contributed by atoms with Crippen LogP contribution in [0.2, 0.25) is 5.02 Å². The number of benzene rings is 1. The minimum Gasteiger partial charge on any atom is -0.493 e. The van der Waals surface area contributed by atoms with Gasteiger partial charge in [0.15, 0.2) is 0 Å². The third-order valence-corrected chi connectivity index (χ3v) is 2.97. The quantitative estimate of drug-likeness (QED) is 0.830. The Morgan fingerprint density at radius 1 is 1.26 bits per heavy atom. The number of carbonyl (C=O) groups is 1. The number of hydrogen-bond donors (Lipinski definition) is 1. The van der Waals surface area contributed by atoms with E-state index in [1.54, 1.807) is 12.1 Å². The maximum atomic E-state index is 10.8. The van der Waals surface area contributed by atoms with E-state index in [2.05, 4.69) is 0 Å². The second-order valence-electron chi connectivity index (χ2n) is 4.19. The minimum absolute atomic E-state index is 0.0321. The maximum Gasteiger partial charge on any atom is 0.303 e. The van der Waals surface area contributed by atoms with Crippen molar-refractivity contribution in [3.63, 3.8) is 0 Å². The summed E-state index contributed by atoms with van der Waals surface area (Å²) in [5.41, 5.74) is 0.790.